The highest BCUT2D eigenvalue weighted by molar-refractivity contribution is 5.79. The number of amides is 1. The maximum Gasteiger partial charge on any atom is 0.387 e. The Morgan fingerprint density at radius 3 is 2.47 bits per heavy atom. The van der Waals surface area contributed by atoms with Gasteiger partial charge in [-0.05, 0) is 24.6 Å². The fourth-order valence-corrected chi connectivity index (χ4v) is 2.03. The second kappa shape index (κ2) is 5.13. The van der Waals surface area contributed by atoms with Gasteiger partial charge in [0.1, 0.15) is 5.75 Å². The zero-order valence-corrected chi connectivity index (χ0v) is 10.5. The Morgan fingerprint density at radius 1 is 1.42 bits per heavy atom. The van der Waals surface area contributed by atoms with Crippen LogP contribution in [0.25, 0.3) is 0 Å². The van der Waals surface area contributed by atoms with Gasteiger partial charge in [-0.1, -0.05) is 12.1 Å². The number of hydrogen-bond donors (Lipinski definition) is 1. The number of carbonyl (C=O) groups excluding carboxylic acids is 1. The van der Waals surface area contributed by atoms with E-state index in [0.717, 1.165) is 5.56 Å². The molecule has 0 aliphatic carbocycles. The van der Waals surface area contributed by atoms with E-state index in [1.165, 1.54) is 12.1 Å². The van der Waals surface area contributed by atoms with E-state index in [9.17, 15) is 18.7 Å². The number of nitrogens with zero attached hydrogens (tertiary/aromatic N) is 1. The largest absolute Gasteiger partial charge is 0.435 e. The van der Waals surface area contributed by atoms with E-state index in [-0.39, 0.29) is 18.1 Å². The Morgan fingerprint density at radius 2 is 2.00 bits per heavy atom. The number of aliphatic hydroxyl groups is 1. The first-order valence-corrected chi connectivity index (χ1v) is 5.90. The number of ether oxygens (including phenoxy) is 1. The van der Waals surface area contributed by atoms with Gasteiger partial charge in [0, 0.05) is 0 Å². The van der Waals surface area contributed by atoms with Gasteiger partial charge in [-0.25, -0.2) is 0 Å². The van der Waals surface area contributed by atoms with Gasteiger partial charge in [-0.3, -0.25) is 4.79 Å². The summed E-state index contributed by atoms with van der Waals surface area (Å²) in [4.78, 5) is 13.4. The van der Waals surface area contributed by atoms with Crippen LogP contribution in [0, 0.1) is 0 Å². The van der Waals surface area contributed by atoms with Crippen LogP contribution in [0.1, 0.15) is 12.5 Å². The van der Waals surface area contributed by atoms with E-state index in [1.54, 1.807) is 24.0 Å². The minimum absolute atomic E-state index is 0.0677. The zero-order chi connectivity index (χ0) is 14.0. The molecule has 1 aliphatic heterocycles. The van der Waals surface area contributed by atoms with Gasteiger partial charge in [0.25, 0.3) is 0 Å². The predicted molar refractivity (Wildman–Crippen MR) is 64.0 cm³/mol. The lowest BCUT2D eigenvalue weighted by molar-refractivity contribution is -0.151. The number of benzene rings is 1. The van der Waals surface area contributed by atoms with Crippen LogP contribution < -0.4 is 4.74 Å². The van der Waals surface area contributed by atoms with Crippen LogP contribution in [-0.2, 0) is 11.2 Å². The molecule has 104 valence electrons. The summed E-state index contributed by atoms with van der Waals surface area (Å²) in [5.74, 6) is -0.0212. The predicted octanol–water partition coefficient (Wildman–Crippen LogP) is 1.42. The molecule has 0 unspecified atom stereocenters. The van der Waals surface area contributed by atoms with Crippen molar-refractivity contribution in [3.8, 4) is 5.75 Å². The van der Waals surface area contributed by atoms with Crippen LogP contribution in [0.5, 0.6) is 5.75 Å². The van der Waals surface area contributed by atoms with E-state index < -0.39 is 12.2 Å². The number of rotatable bonds is 4. The highest BCUT2D eigenvalue weighted by Gasteiger charge is 2.38. The van der Waals surface area contributed by atoms with Gasteiger partial charge < -0.3 is 14.7 Å². The topological polar surface area (TPSA) is 49.8 Å². The minimum Gasteiger partial charge on any atom is -0.435 e. The molecule has 0 spiro atoms. The van der Waals surface area contributed by atoms with Gasteiger partial charge in [0.15, 0.2) is 0 Å². The van der Waals surface area contributed by atoms with E-state index in [0.29, 0.717) is 13.1 Å². The van der Waals surface area contributed by atoms with Gasteiger partial charge in [0.2, 0.25) is 5.91 Å². The second-order valence-electron chi connectivity index (χ2n) is 4.95. The average Bonchev–Trinajstić information content (AvgIpc) is 2.27. The Kier molecular flexibility index (Phi) is 3.71. The molecule has 19 heavy (non-hydrogen) atoms. The minimum atomic E-state index is -2.85. The summed E-state index contributed by atoms with van der Waals surface area (Å²) < 4.78 is 28.1. The number of hydrogen-bond acceptors (Lipinski definition) is 3. The van der Waals surface area contributed by atoms with Crippen molar-refractivity contribution < 1.29 is 23.4 Å². The van der Waals surface area contributed by atoms with Crippen molar-refractivity contribution in [3.63, 3.8) is 0 Å². The number of alkyl halides is 2. The Hall–Kier alpha value is -1.69. The van der Waals surface area contributed by atoms with Crippen molar-refractivity contribution in [2.24, 2.45) is 0 Å². The molecule has 0 atom stereocenters. The number of likely N-dealkylation sites (tertiary alicyclic amines) is 1. The number of halogens is 2. The first-order valence-electron chi connectivity index (χ1n) is 5.90. The summed E-state index contributed by atoms with van der Waals surface area (Å²) in [6.45, 7) is -0.514. The molecule has 0 saturated carbocycles. The third kappa shape index (κ3) is 3.64. The van der Waals surface area contributed by atoms with Gasteiger partial charge in [0.05, 0.1) is 25.1 Å². The smallest absolute Gasteiger partial charge is 0.387 e. The summed E-state index contributed by atoms with van der Waals surface area (Å²) in [6.07, 6.45) is 0.186. The molecule has 1 N–H and O–H groups in total. The van der Waals surface area contributed by atoms with Crippen molar-refractivity contribution in [1.29, 1.82) is 0 Å². The highest BCUT2D eigenvalue weighted by atomic mass is 19.3. The van der Waals surface area contributed by atoms with Crippen molar-refractivity contribution in [2.45, 2.75) is 25.6 Å². The lowest BCUT2D eigenvalue weighted by Crippen LogP contribution is -2.62. The van der Waals surface area contributed by atoms with E-state index in [4.69, 9.17) is 0 Å². The Balaban J connectivity index is 1.88. The summed E-state index contributed by atoms with van der Waals surface area (Å²) in [5, 5.41) is 9.54. The molecule has 1 aliphatic rings. The van der Waals surface area contributed by atoms with Crippen LogP contribution in [0.4, 0.5) is 8.78 Å². The molecule has 2 rings (SSSR count). The molecule has 1 fully saturated rings. The zero-order valence-electron chi connectivity index (χ0n) is 10.5. The quantitative estimate of drug-likeness (QED) is 0.901. The molecule has 1 saturated heterocycles. The van der Waals surface area contributed by atoms with Crippen LogP contribution >= 0.6 is 0 Å². The maximum atomic E-state index is 12.0. The van der Waals surface area contributed by atoms with E-state index in [2.05, 4.69) is 4.74 Å². The third-order valence-electron chi connectivity index (χ3n) is 2.92. The Labute approximate surface area is 109 Å². The average molecular weight is 271 g/mol. The molecule has 1 amide bonds. The molecule has 1 heterocycles. The van der Waals surface area contributed by atoms with Gasteiger partial charge >= 0.3 is 6.61 Å². The van der Waals surface area contributed by atoms with Crippen molar-refractivity contribution in [3.05, 3.63) is 29.8 Å². The molecule has 1 aromatic carbocycles. The van der Waals surface area contributed by atoms with E-state index >= 15 is 0 Å². The molecule has 0 aromatic heterocycles. The van der Waals surface area contributed by atoms with Gasteiger partial charge in [-0.15, -0.1) is 0 Å². The number of carbonyl (C=O) groups is 1. The maximum absolute atomic E-state index is 12.0. The molecule has 4 nitrogen and oxygen atoms in total. The van der Waals surface area contributed by atoms with Crippen molar-refractivity contribution >= 4 is 5.91 Å². The summed E-state index contributed by atoms with van der Waals surface area (Å²) in [7, 11) is 0. The second-order valence-corrected chi connectivity index (χ2v) is 4.95. The first-order chi connectivity index (χ1) is 8.85. The van der Waals surface area contributed by atoms with E-state index in [1.807, 2.05) is 0 Å². The molecule has 0 bridgehead atoms. The van der Waals surface area contributed by atoms with Crippen molar-refractivity contribution in [2.75, 3.05) is 13.1 Å². The molecule has 6 heteroatoms. The summed E-state index contributed by atoms with van der Waals surface area (Å²) in [6, 6.07) is 5.96. The first kappa shape index (κ1) is 13.7. The fraction of sp³-hybridized carbons (Fsp3) is 0.462. The normalized spacial score (nSPS) is 17.2. The third-order valence-corrected chi connectivity index (χ3v) is 2.92. The molecule has 1 aromatic rings. The van der Waals surface area contributed by atoms with Gasteiger partial charge in [-0.2, -0.15) is 8.78 Å². The summed E-state index contributed by atoms with van der Waals surface area (Å²) in [5.41, 5.74) is -0.0666. The standard InChI is InChI=1S/C13H15F2NO3/c1-13(18)7-16(8-13)11(17)6-9-2-4-10(5-3-9)19-12(14)15/h2-5,12,18H,6-8H2,1H3. The highest BCUT2D eigenvalue weighted by Crippen LogP contribution is 2.21. The molecular weight excluding hydrogens is 256 g/mol. The molecule has 0 radical (unpaired) electrons. The van der Waals surface area contributed by atoms with Crippen LogP contribution in [0.3, 0.4) is 0 Å². The van der Waals surface area contributed by atoms with Crippen molar-refractivity contribution in [1.82, 2.24) is 4.90 Å². The number of β-amino-alcohol motifs (C(OH)–C–C–N with tert-alkyl or cyclic N) is 1. The summed E-state index contributed by atoms with van der Waals surface area (Å²) >= 11 is 0. The monoisotopic (exact) mass is 271 g/mol. The SMILES string of the molecule is CC1(O)CN(C(=O)Cc2ccc(OC(F)F)cc2)C1. The molecular formula is C13H15F2NO3. The fourth-order valence-electron chi connectivity index (χ4n) is 2.03. The van der Waals surface area contributed by atoms with Crippen LogP contribution in [0.15, 0.2) is 24.3 Å². The van der Waals surface area contributed by atoms with Crippen LogP contribution in [0.2, 0.25) is 0 Å². The lowest BCUT2D eigenvalue weighted by Gasteiger charge is -2.44. The lowest BCUT2D eigenvalue weighted by atomic mass is 9.96. The van der Waals surface area contributed by atoms with Crippen LogP contribution in [-0.4, -0.2) is 41.2 Å². The Bertz CT molecular complexity index is 451.